The molecule has 0 spiro atoms. The molecule has 6 heteroatoms. The van der Waals surface area contributed by atoms with Gasteiger partial charge < -0.3 is 20.3 Å². The highest BCUT2D eigenvalue weighted by molar-refractivity contribution is 5.76. The van der Waals surface area contributed by atoms with Crippen molar-refractivity contribution in [2.75, 3.05) is 13.2 Å². The van der Waals surface area contributed by atoms with Crippen LogP contribution in [0.15, 0.2) is 48.6 Å². The number of rotatable bonds is 59. The molecule has 2 unspecified atom stereocenters. The molecule has 72 heavy (non-hydrogen) atoms. The first kappa shape index (κ1) is 69.8. The molecule has 0 heterocycles. The van der Waals surface area contributed by atoms with E-state index < -0.39 is 12.1 Å². The number of esters is 1. The van der Waals surface area contributed by atoms with Crippen molar-refractivity contribution in [3.63, 3.8) is 0 Å². The largest absolute Gasteiger partial charge is 0.466 e. The van der Waals surface area contributed by atoms with E-state index in [1.807, 2.05) is 6.08 Å². The molecule has 422 valence electrons. The van der Waals surface area contributed by atoms with Crippen LogP contribution in [0, 0.1) is 0 Å². The second-order valence-corrected chi connectivity index (χ2v) is 21.8. The number of nitrogens with one attached hydrogen (secondary N) is 1. The minimum Gasteiger partial charge on any atom is -0.466 e. The Hall–Kier alpha value is -2.18. The van der Waals surface area contributed by atoms with Crippen LogP contribution in [0.1, 0.15) is 335 Å². The molecule has 6 nitrogen and oxygen atoms in total. The first-order valence-corrected chi connectivity index (χ1v) is 31.9. The molecule has 3 N–H and O–H groups in total. The van der Waals surface area contributed by atoms with E-state index in [4.69, 9.17) is 4.74 Å². The molecule has 0 aromatic carbocycles. The van der Waals surface area contributed by atoms with Gasteiger partial charge in [-0.05, 0) is 89.9 Å². The number of hydrogen-bond donors (Lipinski definition) is 3. The van der Waals surface area contributed by atoms with Crippen LogP contribution in [0.3, 0.4) is 0 Å². The van der Waals surface area contributed by atoms with Crippen molar-refractivity contribution in [3.8, 4) is 0 Å². The molecular formula is C66H123NO5. The highest BCUT2D eigenvalue weighted by Gasteiger charge is 2.18. The van der Waals surface area contributed by atoms with Crippen molar-refractivity contribution in [2.24, 2.45) is 0 Å². The lowest BCUT2D eigenvalue weighted by atomic mass is 10.0. The lowest BCUT2D eigenvalue weighted by molar-refractivity contribution is -0.143. The quantitative estimate of drug-likeness (QED) is 0.0244. The van der Waals surface area contributed by atoms with Gasteiger partial charge >= 0.3 is 5.97 Å². The van der Waals surface area contributed by atoms with Crippen LogP contribution in [0.4, 0.5) is 0 Å². The van der Waals surface area contributed by atoms with Crippen LogP contribution >= 0.6 is 0 Å². The van der Waals surface area contributed by atoms with E-state index in [0.29, 0.717) is 19.4 Å². The summed E-state index contributed by atoms with van der Waals surface area (Å²) in [5, 5.41) is 23.2. The van der Waals surface area contributed by atoms with Gasteiger partial charge in [0.15, 0.2) is 0 Å². The van der Waals surface area contributed by atoms with Crippen molar-refractivity contribution < 1.29 is 24.5 Å². The summed E-state index contributed by atoms with van der Waals surface area (Å²) in [6.45, 7) is 4.87. The molecule has 0 saturated heterocycles. The monoisotopic (exact) mass is 1010 g/mol. The van der Waals surface area contributed by atoms with Gasteiger partial charge in [0.1, 0.15) is 0 Å². The number of aliphatic hydroxyl groups excluding tert-OH is 2. The fourth-order valence-corrected chi connectivity index (χ4v) is 9.68. The van der Waals surface area contributed by atoms with Crippen molar-refractivity contribution in [3.05, 3.63) is 48.6 Å². The lowest BCUT2D eigenvalue weighted by Gasteiger charge is -2.20. The molecule has 1 amide bonds. The summed E-state index contributed by atoms with van der Waals surface area (Å²) < 4.78 is 5.46. The number of hydrogen-bond acceptors (Lipinski definition) is 5. The Morgan fingerprint density at radius 1 is 0.389 bits per heavy atom. The predicted molar refractivity (Wildman–Crippen MR) is 315 cm³/mol. The standard InChI is InChI=1S/C66H123NO5/c1-3-5-7-9-11-13-15-17-19-21-22-24-27-30-34-38-42-46-50-54-58-64(69)63(62-68)67-65(70)59-55-51-47-43-39-35-31-28-25-23-26-29-33-37-41-45-49-53-57-61-72-66(71)60-56-52-48-44-40-36-32-20-18-16-14-12-10-8-6-4-2/h20,29,32-33,37,41,54,58,63-64,68-69H,3-19,21-28,30-31,34-36,38-40,42-53,55-57,59-62H2,1-2H3,(H,67,70)/b32-20-,33-29-,41-37-,58-54+. The Morgan fingerprint density at radius 3 is 1.07 bits per heavy atom. The maximum atomic E-state index is 12.5. The number of carbonyl (C=O) groups excluding carboxylic acids is 2. The number of ether oxygens (including phenoxy) is 1. The van der Waals surface area contributed by atoms with Crippen LogP contribution in [-0.4, -0.2) is 47.4 Å². The van der Waals surface area contributed by atoms with E-state index in [2.05, 4.69) is 55.6 Å². The van der Waals surface area contributed by atoms with E-state index in [1.165, 1.54) is 231 Å². The molecule has 0 aromatic heterocycles. The molecule has 0 aromatic rings. The predicted octanol–water partition coefficient (Wildman–Crippen LogP) is 20.1. The van der Waals surface area contributed by atoms with Gasteiger partial charge in [-0.3, -0.25) is 9.59 Å². The first-order chi connectivity index (χ1) is 35.5. The third-order valence-electron chi connectivity index (χ3n) is 14.6. The normalized spacial score (nSPS) is 12.9. The number of unbranched alkanes of at least 4 members (excludes halogenated alkanes) is 43. The van der Waals surface area contributed by atoms with Crippen LogP contribution < -0.4 is 5.32 Å². The number of allylic oxidation sites excluding steroid dienone is 7. The van der Waals surface area contributed by atoms with E-state index in [0.717, 1.165) is 77.0 Å². The third-order valence-corrected chi connectivity index (χ3v) is 14.6. The molecule has 0 saturated carbocycles. The fraction of sp³-hybridized carbons (Fsp3) is 0.848. The molecule has 0 rings (SSSR count). The lowest BCUT2D eigenvalue weighted by Crippen LogP contribution is -2.45. The topological polar surface area (TPSA) is 95.9 Å². The summed E-state index contributed by atoms with van der Waals surface area (Å²) in [6.07, 6.45) is 78.7. The average Bonchev–Trinajstić information content (AvgIpc) is 3.38. The molecule has 0 aliphatic rings. The Balaban J connectivity index is 3.51. The molecule has 0 fully saturated rings. The Labute approximate surface area is 448 Å². The summed E-state index contributed by atoms with van der Waals surface area (Å²) >= 11 is 0. The van der Waals surface area contributed by atoms with Crippen molar-refractivity contribution in [1.29, 1.82) is 0 Å². The Bertz CT molecular complexity index is 1210. The van der Waals surface area contributed by atoms with Gasteiger partial charge in [0, 0.05) is 12.8 Å². The Morgan fingerprint density at radius 2 is 0.694 bits per heavy atom. The molecule has 2 atom stereocenters. The van der Waals surface area contributed by atoms with Gasteiger partial charge in [0.2, 0.25) is 5.91 Å². The van der Waals surface area contributed by atoms with Crippen LogP contribution in [0.5, 0.6) is 0 Å². The number of amides is 1. The van der Waals surface area contributed by atoms with Gasteiger partial charge in [-0.15, -0.1) is 0 Å². The van der Waals surface area contributed by atoms with Crippen molar-refractivity contribution >= 4 is 11.9 Å². The van der Waals surface area contributed by atoms with Crippen LogP contribution in [-0.2, 0) is 14.3 Å². The van der Waals surface area contributed by atoms with Gasteiger partial charge in [-0.1, -0.05) is 281 Å². The van der Waals surface area contributed by atoms with E-state index >= 15 is 0 Å². The van der Waals surface area contributed by atoms with Gasteiger partial charge in [-0.25, -0.2) is 0 Å². The fourth-order valence-electron chi connectivity index (χ4n) is 9.68. The van der Waals surface area contributed by atoms with Crippen molar-refractivity contribution in [2.45, 2.75) is 347 Å². The van der Waals surface area contributed by atoms with Crippen LogP contribution in [0.25, 0.3) is 0 Å². The molecular weight excluding hydrogens is 887 g/mol. The smallest absolute Gasteiger partial charge is 0.305 e. The second kappa shape index (κ2) is 61.4. The SMILES string of the molecule is CCCCCCCCC/C=C\CCCCCCCC(=O)OCCCCC/C=C\C=C/CCCCCCCCCCCCC(=O)NC(CO)C(O)/C=C/CCCCCCCCCCCCCCCCCCCC. The minimum absolute atomic E-state index is 0.0215. The molecule has 0 aliphatic carbocycles. The first-order valence-electron chi connectivity index (χ1n) is 31.9. The molecule has 0 bridgehead atoms. The summed E-state index contributed by atoms with van der Waals surface area (Å²) in [5.41, 5.74) is 0. The van der Waals surface area contributed by atoms with Gasteiger partial charge in [0.05, 0.1) is 25.4 Å². The van der Waals surface area contributed by atoms with Crippen LogP contribution in [0.2, 0.25) is 0 Å². The number of carbonyl (C=O) groups is 2. The summed E-state index contributed by atoms with van der Waals surface area (Å²) in [6, 6.07) is -0.637. The zero-order valence-corrected chi connectivity index (χ0v) is 48.2. The average molecular weight is 1010 g/mol. The molecule has 0 aliphatic heterocycles. The maximum absolute atomic E-state index is 12.5. The summed E-state index contributed by atoms with van der Waals surface area (Å²) in [7, 11) is 0. The molecule has 0 radical (unpaired) electrons. The number of aliphatic hydroxyl groups is 2. The van der Waals surface area contributed by atoms with Gasteiger partial charge in [-0.2, -0.15) is 0 Å². The van der Waals surface area contributed by atoms with Gasteiger partial charge in [0.25, 0.3) is 0 Å². The maximum Gasteiger partial charge on any atom is 0.305 e. The third kappa shape index (κ3) is 57.1. The highest BCUT2D eigenvalue weighted by Crippen LogP contribution is 2.17. The zero-order valence-electron chi connectivity index (χ0n) is 48.2. The zero-order chi connectivity index (χ0) is 52.2. The van der Waals surface area contributed by atoms with Crippen molar-refractivity contribution in [1.82, 2.24) is 5.32 Å². The minimum atomic E-state index is -0.853. The summed E-state index contributed by atoms with van der Waals surface area (Å²) in [4.78, 5) is 24.6. The summed E-state index contributed by atoms with van der Waals surface area (Å²) in [5.74, 6) is -0.0976. The Kier molecular flexibility index (Phi) is 59.5. The van der Waals surface area contributed by atoms with E-state index in [9.17, 15) is 19.8 Å². The highest BCUT2D eigenvalue weighted by atomic mass is 16.5. The van der Waals surface area contributed by atoms with E-state index in [-0.39, 0.29) is 18.5 Å². The van der Waals surface area contributed by atoms with E-state index in [1.54, 1.807) is 6.08 Å². The second-order valence-electron chi connectivity index (χ2n) is 21.8.